The summed E-state index contributed by atoms with van der Waals surface area (Å²) in [5, 5.41) is 17.4. The third-order valence-corrected chi connectivity index (χ3v) is 2.44. The van der Waals surface area contributed by atoms with Crippen molar-refractivity contribution in [3.8, 4) is 6.07 Å². The Labute approximate surface area is 99.1 Å². The normalized spacial score (nSPS) is 13.5. The van der Waals surface area contributed by atoms with Crippen molar-refractivity contribution < 1.29 is 19.7 Å². The van der Waals surface area contributed by atoms with E-state index in [2.05, 4.69) is 9.62 Å². The summed E-state index contributed by atoms with van der Waals surface area (Å²) in [7, 11) is 1.22. The Kier molecular flexibility index (Phi) is 4.21. The quantitative estimate of drug-likeness (QED) is 0.486. The lowest BCUT2D eigenvalue weighted by molar-refractivity contribution is -0.312. The molecular weight excluding hydrogens is 222 g/mol. The maximum Gasteiger partial charge on any atom is 0.341 e. The van der Waals surface area contributed by atoms with E-state index >= 15 is 0 Å². The van der Waals surface area contributed by atoms with Crippen LogP contribution in [0.25, 0.3) is 0 Å². The molecule has 0 saturated carbocycles. The van der Waals surface area contributed by atoms with Crippen molar-refractivity contribution in [2.45, 2.75) is 18.9 Å². The Bertz CT molecular complexity index is 435. The zero-order chi connectivity index (χ0) is 12.9. The smallest absolute Gasteiger partial charge is 0.341 e. The number of ether oxygens (including phenoxy) is 1. The first-order chi connectivity index (χ1) is 8.05. The number of benzene rings is 1. The van der Waals surface area contributed by atoms with Crippen molar-refractivity contribution in [1.82, 2.24) is 0 Å². The van der Waals surface area contributed by atoms with Crippen LogP contribution in [0.4, 0.5) is 0 Å². The maximum absolute atomic E-state index is 11.4. The zero-order valence-corrected chi connectivity index (χ0v) is 9.64. The summed E-state index contributed by atoms with van der Waals surface area (Å²) < 4.78 is 4.55. The fourth-order valence-electron chi connectivity index (χ4n) is 1.44. The highest BCUT2D eigenvalue weighted by Crippen LogP contribution is 2.18. The third-order valence-electron chi connectivity index (χ3n) is 2.44. The lowest BCUT2D eigenvalue weighted by Gasteiger charge is -2.22. The minimum atomic E-state index is -1.44. The van der Waals surface area contributed by atoms with Crippen LogP contribution in [-0.4, -0.2) is 23.9 Å². The van der Waals surface area contributed by atoms with Crippen LogP contribution in [0.3, 0.4) is 0 Å². The second-order valence-electron chi connectivity index (χ2n) is 3.80. The van der Waals surface area contributed by atoms with Crippen molar-refractivity contribution >= 4 is 5.97 Å². The fraction of sp³-hybridized carbons (Fsp3) is 0.333. The first-order valence-corrected chi connectivity index (χ1v) is 4.96. The van der Waals surface area contributed by atoms with Crippen LogP contribution in [0.2, 0.25) is 0 Å². The average Bonchev–Trinajstić information content (AvgIpc) is 2.38. The molecule has 0 saturated heterocycles. The number of esters is 1. The number of nitrogens with zero attached hydrogens (tertiary/aromatic N) is 1. The molecule has 0 spiro atoms. The van der Waals surface area contributed by atoms with Gasteiger partial charge in [-0.25, -0.2) is 9.68 Å². The van der Waals surface area contributed by atoms with Crippen molar-refractivity contribution in [2.24, 2.45) is 0 Å². The van der Waals surface area contributed by atoms with Gasteiger partial charge in [0.15, 0.2) is 0 Å². The predicted molar refractivity (Wildman–Crippen MR) is 59.0 cm³/mol. The topological polar surface area (TPSA) is 79.6 Å². The average molecular weight is 235 g/mol. The Balaban J connectivity index is 2.88. The molecule has 0 aliphatic carbocycles. The Morgan fingerprint density at radius 2 is 2.06 bits per heavy atom. The molecule has 5 heteroatoms. The van der Waals surface area contributed by atoms with E-state index in [4.69, 9.17) is 10.5 Å². The molecule has 0 fully saturated rings. The molecule has 0 amide bonds. The molecule has 1 rings (SSSR count). The largest absolute Gasteiger partial charge is 0.467 e. The lowest BCUT2D eigenvalue weighted by atomic mass is 9.96. The summed E-state index contributed by atoms with van der Waals surface area (Å²) in [6, 6.07) is 8.64. The molecule has 0 heterocycles. The number of methoxy groups -OCH3 is 1. The summed E-state index contributed by atoms with van der Waals surface area (Å²) in [6.45, 7) is 1.43. The number of nitriles is 1. The van der Waals surface area contributed by atoms with Crippen molar-refractivity contribution in [1.29, 1.82) is 5.26 Å². The molecule has 1 unspecified atom stereocenters. The molecule has 0 bridgehead atoms. The Morgan fingerprint density at radius 3 is 2.47 bits per heavy atom. The number of carbonyl (C=O) groups is 1. The van der Waals surface area contributed by atoms with E-state index in [0.29, 0.717) is 5.56 Å². The van der Waals surface area contributed by atoms with Gasteiger partial charge in [0.1, 0.15) is 0 Å². The van der Waals surface area contributed by atoms with E-state index in [1.165, 1.54) is 14.0 Å². The number of hydrogen-bond acceptors (Lipinski definition) is 5. The summed E-state index contributed by atoms with van der Waals surface area (Å²) in [4.78, 5) is 15.6. The summed E-state index contributed by atoms with van der Waals surface area (Å²) in [6.07, 6.45) is 0.155. The molecule has 0 radical (unpaired) electrons. The molecule has 1 atom stereocenters. The van der Waals surface area contributed by atoms with Gasteiger partial charge in [-0.15, -0.1) is 0 Å². The number of rotatable bonds is 4. The van der Waals surface area contributed by atoms with Crippen LogP contribution in [0, 0.1) is 11.3 Å². The first kappa shape index (κ1) is 13.2. The van der Waals surface area contributed by atoms with E-state index in [0.717, 1.165) is 5.56 Å². The third kappa shape index (κ3) is 3.03. The molecule has 90 valence electrons. The van der Waals surface area contributed by atoms with Gasteiger partial charge in [0.25, 0.3) is 0 Å². The van der Waals surface area contributed by atoms with Gasteiger partial charge in [-0.3, -0.25) is 5.26 Å². The van der Waals surface area contributed by atoms with Crippen LogP contribution in [0.1, 0.15) is 18.1 Å². The van der Waals surface area contributed by atoms with Crippen molar-refractivity contribution in [3.05, 3.63) is 35.4 Å². The zero-order valence-electron chi connectivity index (χ0n) is 9.64. The maximum atomic E-state index is 11.4. The lowest BCUT2D eigenvalue weighted by Crippen LogP contribution is -2.40. The van der Waals surface area contributed by atoms with Gasteiger partial charge in [0.2, 0.25) is 5.60 Å². The number of hydrogen-bond donors (Lipinski definition) is 1. The van der Waals surface area contributed by atoms with Crippen LogP contribution in [0.5, 0.6) is 0 Å². The monoisotopic (exact) mass is 235 g/mol. The SMILES string of the molecule is COC(=O)C(C)(Cc1ccc(C#N)cc1)OO. The van der Waals surface area contributed by atoms with Crippen LogP contribution < -0.4 is 0 Å². The Hall–Kier alpha value is -1.90. The predicted octanol–water partition coefficient (Wildman–Crippen LogP) is 1.52. The molecule has 17 heavy (non-hydrogen) atoms. The molecule has 1 N–H and O–H groups in total. The van der Waals surface area contributed by atoms with E-state index in [1.807, 2.05) is 6.07 Å². The van der Waals surface area contributed by atoms with Crippen LogP contribution in [0.15, 0.2) is 24.3 Å². The van der Waals surface area contributed by atoms with E-state index in [-0.39, 0.29) is 6.42 Å². The highest BCUT2D eigenvalue weighted by atomic mass is 17.1. The van der Waals surface area contributed by atoms with Gasteiger partial charge >= 0.3 is 5.97 Å². The van der Waals surface area contributed by atoms with Gasteiger partial charge in [-0.05, 0) is 24.6 Å². The standard InChI is InChI=1S/C12H13NO4/c1-12(17-15,11(14)16-2)7-9-3-5-10(8-13)6-4-9/h3-6,15H,7H2,1-2H3. The van der Waals surface area contributed by atoms with Gasteiger partial charge in [-0.1, -0.05) is 12.1 Å². The van der Waals surface area contributed by atoms with Gasteiger partial charge < -0.3 is 4.74 Å². The van der Waals surface area contributed by atoms with Gasteiger partial charge in [-0.2, -0.15) is 5.26 Å². The highest BCUT2D eigenvalue weighted by molar-refractivity contribution is 5.79. The molecular formula is C12H13NO4. The molecule has 1 aromatic carbocycles. The van der Waals surface area contributed by atoms with Gasteiger partial charge in [0, 0.05) is 6.42 Å². The second-order valence-corrected chi connectivity index (χ2v) is 3.80. The summed E-state index contributed by atoms with van der Waals surface area (Å²) in [5.41, 5.74) is -0.160. The van der Waals surface area contributed by atoms with Crippen molar-refractivity contribution in [3.63, 3.8) is 0 Å². The van der Waals surface area contributed by atoms with Crippen LogP contribution in [-0.2, 0) is 20.8 Å². The van der Waals surface area contributed by atoms with E-state index < -0.39 is 11.6 Å². The number of carbonyl (C=O) groups excluding carboxylic acids is 1. The molecule has 5 nitrogen and oxygen atoms in total. The fourth-order valence-corrected chi connectivity index (χ4v) is 1.44. The van der Waals surface area contributed by atoms with Crippen LogP contribution >= 0.6 is 0 Å². The summed E-state index contributed by atoms with van der Waals surface area (Å²) in [5.74, 6) is -0.663. The molecule has 0 aliphatic rings. The van der Waals surface area contributed by atoms with Crippen molar-refractivity contribution in [2.75, 3.05) is 7.11 Å². The minimum Gasteiger partial charge on any atom is -0.467 e. The molecule has 0 aliphatic heterocycles. The Morgan fingerprint density at radius 1 is 1.47 bits per heavy atom. The highest BCUT2D eigenvalue weighted by Gasteiger charge is 2.36. The summed E-state index contributed by atoms with van der Waals surface area (Å²) >= 11 is 0. The minimum absolute atomic E-state index is 0.155. The first-order valence-electron chi connectivity index (χ1n) is 4.96. The van der Waals surface area contributed by atoms with E-state index in [9.17, 15) is 4.79 Å². The second kappa shape index (κ2) is 5.43. The van der Waals surface area contributed by atoms with Gasteiger partial charge in [0.05, 0.1) is 18.7 Å². The van der Waals surface area contributed by atoms with E-state index in [1.54, 1.807) is 24.3 Å². The molecule has 0 aromatic heterocycles. The molecule has 1 aromatic rings.